The van der Waals surface area contributed by atoms with Gasteiger partial charge in [-0.05, 0) is 43.2 Å². The summed E-state index contributed by atoms with van der Waals surface area (Å²) in [5.74, 6) is 2.62. The highest BCUT2D eigenvalue weighted by molar-refractivity contribution is 7.96. The van der Waals surface area contributed by atoms with Gasteiger partial charge in [0, 0.05) is 15.8 Å². The van der Waals surface area contributed by atoms with Crippen LogP contribution in [0.1, 0.15) is 11.1 Å². The molecule has 19 heavy (non-hydrogen) atoms. The van der Waals surface area contributed by atoms with Crippen LogP contribution in [0.15, 0.2) is 53.4 Å². The largest absolute Gasteiger partial charge is 0.245 e. The molecule has 0 saturated heterocycles. The summed E-state index contributed by atoms with van der Waals surface area (Å²) in [6, 6.07) is 13.4. The molecule has 0 unspecified atom stereocenters. The number of hydrogen-bond donors (Lipinski definition) is 0. The summed E-state index contributed by atoms with van der Waals surface area (Å²) in [5.41, 5.74) is 1.57. The van der Waals surface area contributed by atoms with Crippen molar-refractivity contribution in [3.8, 4) is 11.2 Å². The topological polar surface area (TPSA) is 34.1 Å². The SMILES string of the molecule is Cc1ccc(S(=O)(=O)C#Cc2cccc(Cl)c2)cc1. The highest BCUT2D eigenvalue weighted by atomic mass is 35.5. The van der Waals surface area contributed by atoms with E-state index in [0.717, 1.165) is 5.56 Å². The minimum absolute atomic E-state index is 0.202. The predicted molar refractivity (Wildman–Crippen MR) is 76.7 cm³/mol. The molecule has 0 heterocycles. The second kappa shape index (κ2) is 5.48. The molecule has 0 aromatic heterocycles. The van der Waals surface area contributed by atoms with E-state index in [-0.39, 0.29) is 4.90 Å². The van der Waals surface area contributed by atoms with E-state index in [0.29, 0.717) is 10.6 Å². The van der Waals surface area contributed by atoms with Crippen LogP contribution in [-0.4, -0.2) is 8.42 Å². The Morgan fingerprint density at radius 2 is 1.74 bits per heavy atom. The minimum atomic E-state index is -3.59. The van der Waals surface area contributed by atoms with Crippen molar-refractivity contribution in [1.29, 1.82) is 0 Å². The van der Waals surface area contributed by atoms with Crippen molar-refractivity contribution in [2.45, 2.75) is 11.8 Å². The van der Waals surface area contributed by atoms with Crippen molar-refractivity contribution in [1.82, 2.24) is 0 Å². The van der Waals surface area contributed by atoms with Gasteiger partial charge >= 0.3 is 0 Å². The van der Waals surface area contributed by atoms with Gasteiger partial charge in [-0.1, -0.05) is 35.4 Å². The Labute approximate surface area is 118 Å². The first-order valence-electron chi connectivity index (χ1n) is 5.57. The van der Waals surface area contributed by atoms with Crippen molar-refractivity contribution >= 4 is 21.4 Å². The molecule has 0 bridgehead atoms. The van der Waals surface area contributed by atoms with E-state index in [4.69, 9.17) is 11.6 Å². The van der Waals surface area contributed by atoms with Gasteiger partial charge in [0.05, 0.1) is 4.90 Å². The number of benzene rings is 2. The van der Waals surface area contributed by atoms with Gasteiger partial charge in [-0.3, -0.25) is 0 Å². The summed E-state index contributed by atoms with van der Waals surface area (Å²) in [5, 5.41) is 2.83. The third-order valence-electron chi connectivity index (χ3n) is 2.49. The van der Waals surface area contributed by atoms with Crippen molar-refractivity contribution in [3.63, 3.8) is 0 Å². The maximum atomic E-state index is 12.0. The molecule has 0 saturated carbocycles. The Kier molecular flexibility index (Phi) is 3.94. The van der Waals surface area contributed by atoms with Crippen LogP contribution >= 0.6 is 11.6 Å². The van der Waals surface area contributed by atoms with Gasteiger partial charge in [0.25, 0.3) is 0 Å². The summed E-state index contributed by atoms with van der Waals surface area (Å²) >= 11 is 5.81. The van der Waals surface area contributed by atoms with Crippen LogP contribution in [-0.2, 0) is 9.84 Å². The summed E-state index contributed by atoms with van der Waals surface area (Å²) in [6.07, 6.45) is 0. The van der Waals surface area contributed by atoms with Crippen LogP contribution < -0.4 is 0 Å². The Morgan fingerprint density at radius 1 is 1.05 bits per heavy atom. The zero-order chi connectivity index (χ0) is 13.9. The first-order valence-corrected chi connectivity index (χ1v) is 7.43. The molecule has 0 aliphatic heterocycles. The third-order valence-corrected chi connectivity index (χ3v) is 3.98. The van der Waals surface area contributed by atoms with Crippen LogP contribution in [0.3, 0.4) is 0 Å². The molecule has 0 fully saturated rings. The second-order valence-corrected chi connectivity index (χ2v) is 6.17. The highest BCUT2D eigenvalue weighted by Crippen LogP contribution is 2.12. The highest BCUT2D eigenvalue weighted by Gasteiger charge is 2.09. The first kappa shape index (κ1) is 13.7. The standard InChI is InChI=1S/C15H11ClO2S/c1-12-5-7-15(8-6-12)19(17,18)10-9-13-3-2-4-14(16)11-13/h2-8,11H,1H3. The number of halogens is 1. The van der Waals surface area contributed by atoms with Crippen LogP contribution in [0.4, 0.5) is 0 Å². The Morgan fingerprint density at radius 3 is 2.37 bits per heavy atom. The zero-order valence-corrected chi connectivity index (χ0v) is 11.8. The Hall–Kier alpha value is -1.76. The van der Waals surface area contributed by atoms with Crippen LogP contribution in [0, 0.1) is 18.1 Å². The fraction of sp³-hybridized carbons (Fsp3) is 0.0667. The van der Waals surface area contributed by atoms with Crippen molar-refractivity contribution in [2.75, 3.05) is 0 Å². The number of rotatable bonds is 1. The van der Waals surface area contributed by atoms with Crippen LogP contribution in [0.2, 0.25) is 5.02 Å². The van der Waals surface area contributed by atoms with E-state index in [1.807, 2.05) is 6.92 Å². The summed E-state index contributed by atoms with van der Waals surface area (Å²) in [4.78, 5) is 0.202. The van der Waals surface area contributed by atoms with E-state index in [9.17, 15) is 8.42 Å². The second-order valence-electron chi connectivity index (χ2n) is 4.05. The monoisotopic (exact) mass is 290 g/mol. The van der Waals surface area contributed by atoms with E-state index in [1.54, 1.807) is 48.5 Å². The van der Waals surface area contributed by atoms with Crippen molar-refractivity contribution in [3.05, 3.63) is 64.7 Å². The van der Waals surface area contributed by atoms with Gasteiger partial charge in [0.2, 0.25) is 9.84 Å². The van der Waals surface area contributed by atoms with Crippen molar-refractivity contribution in [2.24, 2.45) is 0 Å². The van der Waals surface area contributed by atoms with Crippen LogP contribution in [0.25, 0.3) is 0 Å². The smallest absolute Gasteiger partial charge is 0.210 e. The maximum Gasteiger partial charge on any atom is 0.245 e. The molecule has 96 valence electrons. The van der Waals surface area contributed by atoms with Gasteiger partial charge in [0.1, 0.15) is 0 Å². The molecule has 2 nitrogen and oxygen atoms in total. The summed E-state index contributed by atoms with van der Waals surface area (Å²) in [6.45, 7) is 1.90. The van der Waals surface area contributed by atoms with Gasteiger partial charge in [-0.15, -0.1) is 0 Å². The lowest BCUT2D eigenvalue weighted by molar-refractivity contribution is 0.606. The fourth-order valence-electron chi connectivity index (χ4n) is 1.47. The van der Waals surface area contributed by atoms with E-state index in [1.165, 1.54) is 0 Å². The molecule has 0 N–H and O–H groups in total. The van der Waals surface area contributed by atoms with Crippen molar-refractivity contribution < 1.29 is 8.42 Å². The quantitative estimate of drug-likeness (QED) is 0.754. The summed E-state index contributed by atoms with van der Waals surface area (Å²) in [7, 11) is -3.59. The third kappa shape index (κ3) is 3.60. The van der Waals surface area contributed by atoms with Crippen LogP contribution in [0.5, 0.6) is 0 Å². The molecule has 0 amide bonds. The summed E-state index contributed by atoms with van der Waals surface area (Å²) < 4.78 is 24.0. The molecule has 2 aromatic rings. The molecule has 0 radical (unpaired) electrons. The molecule has 2 aromatic carbocycles. The molecule has 4 heteroatoms. The van der Waals surface area contributed by atoms with Gasteiger partial charge in [0.15, 0.2) is 0 Å². The molecule has 2 rings (SSSR count). The zero-order valence-electron chi connectivity index (χ0n) is 10.2. The normalized spacial score (nSPS) is 10.6. The average Bonchev–Trinajstić information content (AvgIpc) is 2.37. The van der Waals surface area contributed by atoms with E-state index in [2.05, 4.69) is 11.2 Å². The molecule has 0 atom stereocenters. The lowest BCUT2D eigenvalue weighted by Gasteiger charge is -1.97. The van der Waals surface area contributed by atoms with Gasteiger partial charge in [-0.25, -0.2) is 8.42 Å². The minimum Gasteiger partial charge on any atom is -0.210 e. The number of hydrogen-bond acceptors (Lipinski definition) is 2. The Balaban J connectivity index is 2.35. The average molecular weight is 291 g/mol. The number of aryl methyl sites for hydroxylation is 1. The first-order chi connectivity index (χ1) is 8.97. The molecule has 0 spiro atoms. The van der Waals surface area contributed by atoms with Gasteiger partial charge < -0.3 is 0 Å². The van der Waals surface area contributed by atoms with E-state index >= 15 is 0 Å². The van der Waals surface area contributed by atoms with Gasteiger partial charge in [-0.2, -0.15) is 0 Å². The lowest BCUT2D eigenvalue weighted by Crippen LogP contribution is -1.96. The lowest BCUT2D eigenvalue weighted by atomic mass is 10.2. The fourth-order valence-corrected chi connectivity index (χ4v) is 2.52. The van der Waals surface area contributed by atoms with E-state index < -0.39 is 9.84 Å². The molecule has 0 aliphatic rings. The Bertz CT molecular complexity index is 751. The predicted octanol–water partition coefficient (Wildman–Crippen LogP) is 3.43. The maximum absolute atomic E-state index is 12.0. The molecule has 0 aliphatic carbocycles. The molecular formula is C15H11ClO2S. The molecular weight excluding hydrogens is 280 g/mol. The number of sulfone groups is 1.